The van der Waals surface area contributed by atoms with E-state index in [4.69, 9.17) is 0 Å². The van der Waals surface area contributed by atoms with Gasteiger partial charge in [-0.2, -0.15) is 13.2 Å². The highest BCUT2D eigenvalue weighted by molar-refractivity contribution is 6.02. The monoisotopic (exact) mass is 434 g/mol. The lowest BCUT2D eigenvalue weighted by atomic mass is 10.0. The maximum absolute atomic E-state index is 13.0. The van der Waals surface area contributed by atoms with Gasteiger partial charge in [0.15, 0.2) is 0 Å². The van der Waals surface area contributed by atoms with Crippen LogP contribution in [0.1, 0.15) is 25.0 Å². The topological polar surface area (TPSA) is 91.6 Å². The van der Waals surface area contributed by atoms with Crippen molar-refractivity contribution >= 4 is 22.4 Å². The zero-order valence-electron chi connectivity index (χ0n) is 16.8. The van der Waals surface area contributed by atoms with Crippen LogP contribution in [0.25, 0.3) is 10.8 Å². The molecule has 1 aromatic heterocycles. The van der Waals surface area contributed by atoms with Crippen molar-refractivity contribution in [2.45, 2.75) is 32.0 Å². The molecule has 164 valence electrons. The molecule has 0 unspecified atom stereocenters. The fraction of sp³-hybridized carbons (Fsp3) is 0.273. The summed E-state index contributed by atoms with van der Waals surface area (Å²) in [5.41, 5.74) is -1.96. The van der Waals surface area contributed by atoms with E-state index in [-0.39, 0.29) is 24.2 Å². The second-order valence-electron chi connectivity index (χ2n) is 7.80. The van der Waals surface area contributed by atoms with Gasteiger partial charge in [-0.3, -0.25) is 9.59 Å². The molecular formula is C22H21F3N2O4. The number of carbonyl (C=O) groups is 1. The molecule has 3 N–H and O–H groups in total. The SMILES string of the molecule is CC(C)(CO)n1ccc2c(NC(=O)Cc3ccc(O)c(C(F)(F)F)c3)cccc2c1=O. The number of hydrogen-bond donors (Lipinski definition) is 3. The van der Waals surface area contributed by atoms with Crippen molar-refractivity contribution in [1.82, 2.24) is 4.57 Å². The summed E-state index contributed by atoms with van der Waals surface area (Å²) >= 11 is 0. The second kappa shape index (κ2) is 8.07. The molecule has 0 spiro atoms. The number of aromatic hydroxyl groups is 1. The van der Waals surface area contributed by atoms with Crippen LogP contribution < -0.4 is 10.9 Å². The van der Waals surface area contributed by atoms with E-state index in [1.54, 1.807) is 38.1 Å². The summed E-state index contributed by atoms with van der Waals surface area (Å²) in [5, 5.41) is 22.4. The summed E-state index contributed by atoms with van der Waals surface area (Å²) in [6, 6.07) is 9.25. The fourth-order valence-electron chi connectivity index (χ4n) is 3.24. The molecule has 1 heterocycles. The number of aliphatic hydroxyl groups is 1. The van der Waals surface area contributed by atoms with E-state index >= 15 is 0 Å². The Morgan fingerprint density at radius 2 is 1.81 bits per heavy atom. The predicted octanol–water partition coefficient (Wildman–Crippen LogP) is 3.63. The van der Waals surface area contributed by atoms with Crippen LogP contribution in [0, 0.1) is 0 Å². The first kappa shape index (κ1) is 22.4. The van der Waals surface area contributed by atoms with Crippen molar-refractivity contribution in [1.29, 1.82) is 0 Å². The van der Waals surface area contributed by atoms with Crippen LogP contribution >= 0.6 is 0 Å². The number of nitrogens with one attached hydrogen (secondary N) is 1. The fourth-order valence-corrected chi connectivity index (χ4v) is 3.24. The Bertz CT molecular complexity index is 1200. The summed E-state index contributed by atoms with van der Waals surface area (Å²) in [5.74, 6) is -1.49. The highest BCUT2D eigenvalue weighted by Gasteiger charge is 2.34. The smallest absolute Gasteiger partial charge is 0.419 e. The molecule has 0 aliphatic heterocycles. The van der Waals surface area contributed by atoms with E-state index in [1.807, 2.05) is 0 Å². The third-order valence-corrected chi connectivity index (χ3v) is 4.99. The van der Waals surface area contributed by atoms with Gasteiger partial charge in [-0.05, 0) is 49.7 Å². The Morgan fingerprint density at radius 3 is 2.45 bits per heavy atom. The molecule has 0 aliphatic rings. The van der Waals surface area contributed by atoms with Gasteiger partial charge in [0.1, 0.15) is 5.75 Å². The van der Waals surface area contributed by atoms with E-state index in [9.17, 15) is 33.0 Å². The number of halogens is 3. The molecule has 0 saturated carbocycles. The highest BCUT2D eigenvalue weighted by Crippen LogP contribution is 2.36. The number of phenolic OH excluding ortho intramolecular Hbond substituents is 1. The second-order valence-corrected chi connectivity index (χ2v) is 7.80. The molecule has 6 nitrogen and oxygen atoms in total. The van der Waals surface area contributed by atoms with Crippen LogP contribution in [0.2, 0.25) is 0 Å². The number of phenols is 1. The lowest BCUT2D eigenvalue weighted by Crippen LogP contribution is -2.38. The predicted molar refractivity (Wildman–Crippen MR) is 110 cm³/mol. The van der Waals surface area contributed by atoms with Crippen LogP contribution in [0.3, 0.4) is 0 Å². The van der Waals surface area contributed by atoms with Crippen LogP contribution in [-0.4, -0.2) is 27.3 Å². The first-order chi connectivity index (χ1) is 14.4. The van der Waals surface area contributed by atoms with Crippen LogP contribution in [-0.2, 0) is 22.9 Å². The molecule has 9 heteroatoms. The molecular weight excluding hydrogens is 413 g/mol. The van der Waals surface area contributed by atoms with Crippen molar-refractivity contribution < 1.29 is 28.2 Å². The quantitative estimate of drug-likeness (QED) is 0.572. The van der Waals surface area contributed by atoms with Gasteiger partial charge in [-0.25, -0.2) is 0 Å². The van der Waals surface area contributed by atoms with Gasteiger partial charge in [0.25, 0.3) is 5.56 Å². The third kappa shape index (κ3) is 4.56. The number of aliphatic hydroxyl groups excluding tert-OH is 1. The van der Waals surface area contributed by atoms with Crippen molar-refractivity contribution in [3.05, 3.63) is 70.1 Å². The molecule has 3 aromatic rings. The standard InChI is InChI=1S/C22H21F3N2O4/c1-21(2,12-28)27-9-8-14-15(20(27)31)4-3-5-17(14)26-19(30)11-13-6-7-18(29)16(10-13)22(23,24)25/h3-10,28-29H,11-12H2,1-2H3,(H,26,30). The molecule has 0 saturated heterocycles. The summed E-state index contributed by atoms with van der Waals surface area (Å²) in [6.45, 7) is 3.17. The number of hydrogen-bond acceptors (Lipinski definition) is 4. The average molecular weight is 434 g/mol. The first-order valence-corrected chi connectivity index (χ1v) is 9.39. The summed E-state index contributed by atoms with van der Waals surface area (Å²) in [6.07, 6.45) is -3.57. The molecule has 0 radical (unpaired) electrons. The Kier molecular flexibility index (Phi) is 5.82. The minimum Gasteiger partial charge on any atom is -0.507 e. The lowest BCUT2D eigenvalue weighted by Gasteiger charge is -2.25. The van der Waals surface area contributed by atoms with E-state index in [0.29, 0.717) is 16.5 Å². The van der Waals surface area contributed by atoms with E-state index < -0.39 is 28.9 Å². The van der Waals surface area contributed by atoms with Gasteiger partial charge in [-0.15, -0.1) is 0 Å². The van der Waals surface area contributed by atoms with E-state index in [1.165, 1.54) is 16.8 Å². The van der Waals surface area contributed by atoms with Gasteiger partial charge in [0.05, 0.1) is 24.1 Å². The number of nitrogens with zero attached hydrogens (tertiary/aromatic N) is 1. The number of fused-ring (bicyclic) bond motifs is 1. The van der Waals surface area contributed by atoms with Gasteiger partial charge < -0.3 is 20.1 Å². The van der Waals surface area contributed by atoms with Gasteiger partial charge in [0.2, 0.25) is 5.91 Å². The molecule has 31 heavy (non-hydrogen) atoms. The normalized spacial score (nSPS) is 12.2. The lowest BCUT2D eigenvalue weighted by molar-refractivity contribution is -0.138. The van der Waals surface area contributed by atoms with Crippen molar-refractivity contribution in [3.63, 3.8) is 0 Å². The largest absolute Gasteiger partial charge is 0.507 e. The maximum atomic E-state index is 13.0. The third-order valence-electron chi connectivity index (χ3n) is 4.99. The molecule has 3 rings (SSSR count). The Balaban J connectivity index is 1.90. The van der Waals surface area contributed by atoms with Crippen LogP contribution in [0.4, 0.5) is 18.9 Å². The average Bonchev–Trinajstić information content (AvgIpc) is 2.69. The molecule has 0 bridgehead atoms. The van der Waals surface area contributed by atoms with Crippen molar-refractivity contribution in [2.24, 2.45) is 0 Å². The minimum absolute atomic E-state index is 0.0786. The number of alkyl halides is 3. The Morgan fingerprint density at radius 1 is 1.10 bits per heavy atom. The van der Waals surface area contributed by atoms with Gasteiger partial charge in [0, 0.05) is 22.7 Å². The Labute approximate surface area is 175 Å². The summed E-state index contributed by atoms with van der Waals surface area (Å²) < 4.78 is 40.3. The molecule has 0 aliphatic carbocycles. The first-order valence-electron chi connectivity index (χ1n) is 9.39. The van der Waals surface area contributed by atoms with E-state index in [0.717, 1.165) is 12.1 Å². The van der Waals surface area contributed by atoms with Gasteiger partial charge in [-0.1, -0.05) is 12.1 Å². The number of amides is 1. The van der Waals surface area contributed by atoms with Gasteiger partial charge >= 0.3 is 6.18 Å². The van der Waals surface area contributed by atoms with Crippen molar-refractivity contribution in [2.75, 3.05) is 11.9 Å². The molecule has 1 amide bonds. The number of benzene rings is 2. The van der Waals surface area contributed by atoms with Crippen LogP contribution in [0.5, 0.6) is 5.75 Å². The molecule has 2 aromatic carbocycles. The van der Waals surface area contributed by atoms with E-state index in [2.05, 4.69) is 5.32 Å². The zero-order chi connectivity index (χ0) is 23.0. The number of anilines is 1. The number of pyridine rings is 1. The summed E-state index contributed by atoms with van der Waals surface area (Å²) in [4.78, 5) is 25.3. The molecule has 0 atom stereocenters. The van der Waals surface area contributed by atoms with Crippen LogP contribution in [0.15, 0.2) is 53.5 Å². The zero-order valence-corrected chi connectivity index (χ0v) is 16.8. The molecule has 0 fully saturated rings. The number of carbonyl (C=O) groups excluding carboxylic acids is 1. The number of rotatable bonds is 5. The van der Waals surface area contributed by atoms with Crippen molar-refractivity contribution in [3.8, 4) is 5.75 Å². The summed E-state index contributed by atoms with van der Waals surface area (Å²) in [7, 11) is 0. The maximum Gasteiger partial charge on any atom is 0.419 e. The highest BCUT2D eigenvalue weighted by atomic mass is 19.4. The minimum atomic E-state index is -4.74. The number of aromatic nitrogens is 1. The Hall–Kier alpha value is -3.33.